The number of azo groups is 1. The van der Waals surface area contributed by atoms with Crippen LogP contribution in [0.2, 0.25) is 0 Å². The van der Waals surface area contributed by atoms with Gasteiger partial charge in [0.25, 0.3) is 0 Å². The first-order chi connectivity index (χ1) is 11.8. The van der Waals surface area contributed by atoms with E-state index >= 15 is 0 Å². The smallest absolute Gasteiger partial charge is 0.358 e. The molecule has 2 N–H and O–H groups in total. The topological polar surface area (TPSA) is 99.5 Å². The molecule has 0 spiro atoms. The molecular formula is C18H18N4O3. The van der Waals surface area contributed by atoms with Crippen molar-refractivity contribution in [2.45, 2.75) is 26.2 Å². The molecule has 0 fully saturated rings. The highest BCUT2D eigenvalue weighted by Gasteiger charge is 2.20. The number of aromatic hydroxyl groups is 1. The van der Waals surface area contributed by atoms with Crippen molar-refractivity contribution < 1.29 is 15.0 Å². The molecule has 0 aliphatic rings. The summed E-state index contributed by atoms with van der Waals surface area (Å²) in [7, 11) is 0. The Balaban J connectivity index is 2.02. The highest BCUT2D eigenvalue weighted by molar-refractivity contribution is 5.92. The highest BCUT2D eigenvalue weighted by atomic mass is 16.4. The van der Waals surface area contributed by atoms with E-state index in [1.165, 1.54) is 10.5 Å². The van der Waals surface area contributed by atoms with Crippen molar-refractivity contribution in [3.05, 3.63) is 53.9 Å². The summed E-state index contributed by atoms with van der Waals surface area (Å²) in [6, 6.07) is 10.6. The molecule has 0 amide bonds. The van der Waals surface area contributed by atoms with Crippen LogP contribution in [-0.2, 0) is 5.41 Å². The summed E-state index contributed by atoms with van der Waals surface area (Å²) in [5.41, 5.74) is 1.65. The molecule has 0 atom stereocenters. The summed E-state index contributed by atoms with van der Waals surface area (Å²) in [6.45, 7) is 6.36. The molecule has 0 saturated carbocycles. The number of hydrogen-bond donors (Lipinski definition) is 2. The normalized spacial score (nSPS) is 12.1. The molecule has 3 aromatic rings. The molecule has 7 heteroatoms. The molecule has 7 nitrogen and oxygen atoms in total. The van der Waals surface area contributed by atoms with E-state index in [9.17, 15) is 15.0 Å². The maximum atomic E-state index is 11.4. The molecule has 3 rings (SSSR count). The Morgan fingerprint density at radius 1 is 1.12 bits per heavy atom. The number of pyridine rings is 1. The van der Waals surface area contributed by atoms with Gasteiger partial charge in [-0.3, -0.25) is 4.40 Å². The van der Waals surface area contributed by atoms with Crippen molar-refractivity contribution in [3.63, 3.8) is 0 Å². The van der Waals surface area contributed by atoms with Crippen LogP contribution in [0.15, 0.2) is 52.8 Å². The van der Waals surface area contributed by atoms with Gasteiger partial charge in [0.15, 0.2) is 22.9 Å². The second-order valence-electron chi connectivity index (χ2n) is 6.67. The Labute approximate surface area is 144 Å². The lowest BCUT2D eigenvalue weighted by Gasteiger charge is -2.18. The van der Waals surface area contributed by atoms with E-state index in [0.29, 0.717) is 5.69 Å². The van der Waals surface area contributed by atoms with Crippen LogP contribution in [0.1, 0.15) is 36.8 Å². The minimum Gasteiger partial charge on any atom is -0.504 e. The molecule has 2 aromatic heterocycles. The van der Waals surface area contributed by atoms with E-state index in [-0.39, 0.29) is 28.3 Å². The van der Waals surface area contributed by atoms with E-state index in [2.05, 4.69) is 36.0 Å². The Kier molecular flexibility index (Phi) is 4.00. The first kappa shape index (κ1) is 16.6. The average Bonchev–Trinajstić information content (AvgIpc) is 2.93. The number of carboxylic acid groups (broad SMARTS) is 1. The van der Waals surface area contributed by atoms with Gasteiger partial charge in [-0.1, -0.05) is 32.9 Å². The number of rotatable bonds is 3. The third-order valence-electron chi connectivity index (χ3n) is 3.80. The number of benzene rings is 1. The molecule has 2 heterocycles. The maximum Gasteiger partial charge on any atom is 0.358 e. The Morgan fingerprint density at radius 3 is 2.40 bits per heavy atom. The van der Waals surface area contributed by atoms with Gasteiger partial charge in [-0.25, -0.2) is 9.78 Å². The van der Waals surface area contributed by atoms with E-state index in [4.69, 9.17) is 0 Å². The summed E-state index contributed by atoms with van der Waals surface area (Å²) in [5, 5.41) is 27.3. The number of imidazole rings is 1. The fourth-order valence-corrected chi connectivity index (χ4v) is 2.41. The molecule has 0 bridgehead atoms. The van der Waals surface area contributed by atoms with Gasteiger partial charge >= 0.3 is 5.97 Å². The molecule has 1 aromatic carbocycles. The van der Waals surface area contributed by atoms with Crippen molar-refractivity contribution in [1.82, 2.24) is 9.38 Å². The highest BCUT2D eigenvalue weighted by Crippen LogP contribution is 2.29. The number of nitrogens with zero attached hydrogens (tertiary/aromatic N) is 4. The first-order valence-electron chi connectivity index (χ1n) is 7.73. The van der Waals surface area contributed by atoms with Crippen LogP contribution < -0.4 is 0 Å². The second-order valence-corrected chi connectivity index (χ2v) is 6.67. The Bertz CT molecular complexity index is 966. The molecule has 25 heavy (non-hydrogen) atoms. The molecule has 0 aliphatic carbocycles. The number of fused-ring (bicyclic) bond motifs is 1. The molecule has 0 aliphatic heterocycles. The first-order valence-corrected chi connectivity index (χ1v) is 7.73. The van der Waals surface area contributed by atoms with E-state index < -0.39 is 5.97 Å². The molecule has 0 saturated heterocycles. The van der Waals surface area contributed by atoms with Crippen molar-refractivity contribution >= 4 is 23.1 Å². The second kappa shape index (κ2) is 6.01. The third-order valence-corrected chi connectivity index (χ3v) is 3.80. The van der Waals surface area contributed by atoms with Gasteiger partial charge in [0.1, 0.15) is 0 Å². The minimum atomic E-state index is -1.24. The summed E-state index contributed by atoms with van der Waals surface area (Å²) in [6.07, 6.45) is 1.57. The van der Waals surface area contributed by atoms with Crippen LogP contribution in [0.5, 0.6) is 5.75 Å². The van der Waals surface area contributed by atoms with Gasteiger partial charge in [0.2, 0.25) is 0 Å². The lowest BCUT2D eigenvalue weighted by Crippen LogP contribution is -2.10. The average molecular weight is 338 g/mol. The zero-order chi connectivity index (χ0) is 18.2. The standard InChI is InChI=1S/C18H18N4O3/c1-18(2,3)11-6-8-12(9-7-11)20-21-16-14(17(24)25)19-15-13(23)5-4-10-22(15)16/h4-10,23H,1-3H3,(H,24,25). The Hall–Kier alpha value is -3.22. The molecule has 0 unspecified atom stereocenters. The SMILES string of the molecule is CC(C)(C)c1ccc(N=Nc2c(C(=O)O)nc3c(O)cccn23)cc1. The zero-order valence-electron chi connectivity index (χ0n) is 14.1. The van der Waals surface area contributed by atoms with Gasteiger partial charge < -0.3 is 10.2 Å². The fraction of sp³-hybridized carbons (Fsp3) is 0.222. The predicted molar refractivity (Wildman–Crippen MR) is 93.1 cm³/mol. The fourth-order valence-electron chi connectivity index (χ4n) is 2.41. The summed E-state index contributed by atoms with van der Waals surface area (Å²) in [4.78, 5) is 15.3. The van der Waals surface area contributed by atoms with Crippen LogP contribution in [0.4, 0.5) is 11.5 Å². The van der Waals surface area contributed by atoms with Crippen molar-refractivity contribution in [3.8, 4) is 5.75 Å². The molecular weight excluding hydrogens is 320 g/mol. The predicted octanol–water partition coefficient (Wildman–Crippen LogP) is 4.45. The summed E-state index contributed by atoms with van der Waals surface area (Å²) < 4.78 is 1.39. The minimum absolute atomic E-state index is 0.0331. The van der Waals surface area contributed by atoms with Crippen molar-refractivity contribution in [2.75, 3.05) is 0 Å². The monoisotopic (exact) mass is 338 g/mol. The van der Waals surface area contributed by atoms with Crippen molar-refractivity contribution in [1.29, 1.82) is 0 Å². The zero-order valence-corrected chi connectivity index (χ0v) is 14.1. The van der Waals surface area contributed by atoms with Crippen LogP contribution in [-0.4, -0.2) is 25.6 Å². The number of aromatic nitrogens is 2. The van der Waals surface area contributed by atoms with Crippen LogP contribution >= 0.6 is 0 Å². The van der Waals surface area contributed by atoms with Gasteiger partial charge in [0, 0.05) is 6.20 Å². The van der Waals surface area contributed by atoms with Crippen molar-refractivity contribution in [2.24, 2.45) is 10.2 Å². The Morgan fingerprint density at radius 2 is 1.80 bits per heavy atom. The summed E-state index contributed by atoms with van der Waals surface area (Å²) >= 11 is 0. The molecule has 0 radical (unpaired) electrons. The van der Waals surface area contributed by atoms with Crippen LogP contribution in [0.3, 0.4) is 0 Å². The quantitative estimate of drug-likeness (QED) is 0.689. The van der Waals surface area contributed by atoms with Gasteiger partial charge in [-0.2, -0.15) is 0 Å². The van der Waals surface area contributed by atoms with E-state index in [1.54, 1.807) is 12.3 Å². The number of carbonyl (C=O) groups is 1. The van der Waals surface area contributed by atoms with Gasteiger partial charge in [0.05, 0.1) is 5.69 Å². The number of aromatic carboxylic acids is 1. The lowest BCUT2D eigenvalue weighted by molar-refractivity contribution is 0.0692. The van der Waals surface area contributed by atoms with Crippen LogP contribution in [0.25, 0.3) is 5.65 Å². The lowest BCUT2D eigenvalue weighted by atomic mass is 9.87. The van der Waals surface area contributed by atoms with Crippen LogP contribution in [0, 0.1) is 0 Å². The maximum absolute atomic E-state index is 11.4. The number of hydrogen-bond acceptors (Lipinski definition) is 5. The summed E-state index contributed by atoms with van der Waals surface area (Å²) in [5.74, 6) is -1.31. The largest absolute Gasteiger partial charge is 0.504 e. The third kappa shape index (κ3) is 3.21. The van der Waals surface area contributed by atoms with E-state index in [0.717, 1.165) is 5.56 Å². The molecule has 128 valence electrons. The van der Waals surface area contributed by atoms with E-state index in [1.807, 2.05) is 24.3 Å². The van der Waals surface area contributed by atoms with Gasteiger partial charge in [-0.05, 0) is 35.2 Å². The van der Waals surface area contributed by atoms with Gasteiger partial charge in [-0.15, -0.1) is 10.2 Å². The number of carboxylic acids is 1.